The summed E-state index contributed by atoms with van der Waals surface area (Å²) < 4.78 is 0. The van der Waals surface area contributed by atoms with Crippen molar-refractivity contribution in [3.05, 3.63) is 203 Å². The van der Waals surface area contributed by atoms with Gasteiger partial charge in [0, 0.05) is 47.7 Å². The number of carboxylic acids is 1. The fourth-order valence-electron chi connectivity index (χ4n) is 9.97. The molecule has 6 aromatic carbocycles. The zero-order chi connectivity index (χ0) is 49.8. The SMILES string of the molecule is [C-]#[N+]/C(=C\c1ccc(-c2sc(-c3ccc4c(c3)C(=O)c3cc(-c5cc(CCCCCCCC)c(-c6ccc(N(c7ccccc7)c7ccccc7)cc6)s5)ccc3-4)cc2CCCCCCCC)cc1)C(=O)O. The van der Waals surface area contributed by atoms with E-state index >= 15 is 0 Å². The molecule has 0 bridgehead atoms. The molecule has 9 rings (SSSR count). The molecule has 1 N–H and O–H groups in total. The Kier molecular flexibility index (Phi) is 16.5. The van der Waals surface area contributed by atoms with Gasteiger partial charge in [-0.05, 0) is 142 Å². The minimum atomic E-state index is -1.23. The van der Waals surface area contributed by atoms with Crippen molar-refractivity contribution in [1.29, 1.82) is 0 Å². The Labute approximate surface area is 434 Å². The first-order valence-corrected chi connectivity index (χ1v) is 27.5. The number of rotatable bonds is 23. The van der Waals surface area contributed by atoms with Crippen LogP contribution in [0.1, 0.15) is 124 Å². The molecular weight excluding hydrogens is 921 g/mol. The van der Waals surface area contributed by atoms with Gasteiger partial charge >= 0.3 is 5.97 Å². The number of unbranched alkanes of at least 4 members (excludes halogenated alkanes) is 10. The van der Waals surface area contributed by atoms with Crippen molar-refractivity contribution in [1.82, 2.24) is 0 Å². The Morgan fingerprint density at radius 3 is 1.38 bits per heavy atom. The van der Waals surface area contributed by atoms with Crippen LogP contribution in [0.2, 0.25) is 0 Å². The van der Waals surface area contributed by atoms with Gasteiger partial charge in [0.05, 0.1) is 6.57 Å². The van der Waals surface area contributed by atoms with Crippen LogP contribution in [0.15, 0.2) is 163 Å². The van der Waals surface area contributed by atoms with E-state index in [0.717, 1.165) is 86.6 Å². The lowest BCUT2D eigenvalue weighted by Gasteiger charge is -2.25. The molecular formula is C65H62N2O3S2. The van der Waals surface area contributed by atoms with Crippen LogP contribution in [0.25, 0.3) is 63.8 Å². The third kappa shape index (κ3) is 11.5. The fourth-order valence-corrected chi connectivity index (χ4v) is 12.4. The van der Waals surface area contributed by atoms with Crippen molar-refractivity contribution in [2.75, 3.05) is 4.90 Å². The van der Waals surface area contributed by atoms with E-state index < -0.39 is 5.97 Å². The monoisotopic (exact) mass is 982 g/mol. The van der Waals surface area contributed by atoms with Gasteiger partial charge < -0.3 is 10.0 Å². The van der Waals surface area contributed by atoms with Crippen molar-refractivity contribution in [3.63, 3.8) is 0 Å². The standard InChI is InChI=1S/C65H62N2O3S2/c1-4-6-8-10-12-16-22-50-43-60(71-63(50)46-30-28-45(29-31-46)40-59(66-3)65(69)70)48-34-38-55-56-39-35-49(42-58(56)62(68)57(55)41-48)61-44-51(23-17-13-11-9-7-5-2)64(72-61)47-32-36-54(37-33-47)67(52-24-18-14-19-25-52)53-26-20-15-21-27-53/h14-15,18-21,24-44H,4-13,16-17,22-23H2,1-2H3,(H,69,70)/b59-40-. The van der Waals surface area contributed by atoms with Crippen molar-refractivity contribution in [2.45, 2.75) is 104 Å². The highest BCUT2D eigenvalue weighted by Crippen LogP contribution is 2.46. The number of carbonyl (C=O) groups excluding carboxylic acids is 1. The second-order valence-corrected chi connectivity index (χ2v) is 21.0. The molecule has 0 fully saturated rings. The van der Waals surface area contributed by atoms with Crippen LogP contribution in [-0.4, -0.2) is 16.9 Å². The van der Waals surface area contributed by atoms with Crippen molar-refractivity contribution in [3.8, 4) is 52.9 Å². The zero-order valence-corrected chi connectivity index (χ0v) is 43.1. The highest BCUT2D eigenvalue weighted by Gasteiger charge is 2.29. The molecule has 0 unspecified atom stereocenters. The molecule has 7 heteroatoms. The van der Waals surface area contributed by atoms with Crippen molar-refractivity contribution < 1.29 is 14.7 Å². The van der Waals surface area contributed by atoms with E-state index in [-0.39, 0.29) is 11.5 Å². The number of carboxylic acid groups (broad SMARTS) is 1. The number of anilines is 3. The van der Waals surface area contributed by atoms with E-state index in [4.69, 9.17) is 6.57 Å². The minimum Gasteiger partial charge on any atom is -0.486 e. The van der Waals surface area contributed by atoms with Crippen LogP contribution in [0.4, 0.5) is 17.1 Å². The molecule has 72 heavy (non-hydrogen) atoms. The normalized spacial score (nSPS) is 11.9. The van der Waals surface area contributed by atoms with Gasteiger partial charge in [0.15, 0.2) is 5.78 Å². The largest absolute Gasteiger partial charge is 0.486 e. The molecule has 1 aliphatic rings. The third-order valence-electron chi connectivity index (χ3n) is 13.8. The zero-order valence-electron chi connectivity index (χ0n) is 41.5. The molecule has 2 heterocycles. The number of carbonyl (C=O) groups is 2. The van der Waals surface area contributed by atoms with Crippen LogP contribution < -0.4 is 4.90 Å². The quantitative estimate of drug-likeness (QED) is 0.0394. The van der Waals surface area contributed by atoms with Crippen LogP contribution in [0, 0.1) is 6.57 Å². The minimum absolute atomic E-state index is 0.0672. The Morgan fingerprint density at radius 1 is 0.514 bits per heavy atom. The molecule has 0 saturated carbocycles. The average molecular weight is 983 g/mol. The lowest BCUT2D eigenvalue weighted by atomic mass is 9.99. The number of fused-ring (bicyclic) bond motifs is 3. The average Bonchev–Trinajstić information content (AvgIpc) is 4.12. The number of ketones is 1. The summed E-state index contributed by atoms with van der Waals surface area (Å²) in [5.74, 6) is -1.16. The van der Waals surface area contributed by atoms with Crippen molar-refractivity contribution in [2.24, 2.45) is 0 Å². The molecule has 5 nitrogen and oxygen atoms in total. The lowest BCUT2D eigenvalue weighted by molar-refractivity contribution is -0.132. The maximum absolute atomic E-state index is 14.5. The molecule has 362 valence electrons. The Balaban J connectivity index is 0.994. The van der Waals surface area contributed by atoms with Gasteiger partial charge in [0.2, 0.25) is 0 Å². The summed E-state index contributed by atoms with van der Waals surface area (Å²) in [6.45, 7) is 11.8. The summed E-state index contributed by atoms with van der Waals surface area (Å²) in [5.41, 5.74) is 14.2. The number of aryl methyl sites for hydroxylation is 2. The van der Waals surface area contributed by atoms with Gasteiger partial charge in [-0.2, -0.15) is 0 Å². The maximum atomic E-state index is 14.5. The molecule has 0 aliphatic heterocycles. The van der Waals surface area contributed by atoms with Gasteiger partial charge in [-0.1, -0.05) is 175 Å². The van der Waals surface area contributed by atoms with Crippen LogP contribution in [-0.2, 0) is 17.6 Å². The second-order valence-electron chi connectivity index (χ2n) is 18.9. The summed E-state index contributed by atoms with van der Waals surface area (Å²) >= 11 is 3.57. The Morgan fingerprint density at radius 2 is 0.931 bits per heavy atom. The van der Waals surface area contributed by atoms with E-state index in [9.17, 15) is 14.7 Å². The molecule has 0 spiro atoms. The van der Waals surface area contributed by atoms with Gasteiger partial charge in [0.25, 0.3) is 5.70 Å². The van der Waals surface area contributed by atoms with Gasteiger partial charge in [-0.3, -0.25) is 9.59 Å². The first-order valence-electron chi connectivity index (χ1n) is 25.9. The van der Waals surface area contributed by atoms with E-state index in [1.54, 1.807) is 11.3 Å². The van der Waals surface area contributed by atoms with Gasteiger partial charge in [-0.25, -0.2) is 4.85 Å². The summed E-state index contributed by atoms with van der Waals surface area (Å²) in [5, 5.41) is 9.41. The highest BCUT2D eigenvalue weighted by molar-refractivity contribution is 7.19. The fraction of sp³-hybridized carbons (Fsp3) is 0.246. The maximum Gasteiger partial charge on any atom is 0.333 e. The van der Waals surface area contributed by atoms with Crippen LogP contribution >= 0.6 is 22.7 Å². The van der Waals surface area contributed by atoms with E-state index in [1.165, 1.54) is 102 Å². The van der Waals surface area contributed by atoms with Crippen LogP contribution in [0.3, 0.4) is 0 Å². The summed E-state index contributed by atoms with van der Waals surface area (Å²) in [6, 6.07) is 55.5. The predicted octanol–water partition coefficient (Wildman–Crippen LogP) is 19.3. The number of aliphatic carboxylic acids is 1. The number of hydrogen-bond donors (Lipinski definition) is 1. The number of hydrogen-bond acceptors (Lipinski definition) is 5. The summed E-state index contributed by atoms with van der Waals surface area (Å²) in [4.78, 5) is 36.3. The highest BCUT2D eigenvalue weighted by atomic mass is 32.1. The first kappa shape index (κ1) is 49.9. The number of nitrogens with zero attached hydrogens (tertiary/aromatic N) is 2. The smallest absolute Gasteiger partial charge is 0.333 e. The van der Waals surface area contributed by atoms with E-state index in [0.29, 0.717) is 5.56 Å². The third-order valence-corrected chi connectivity index (χ3v) is 16.4. The number of para-hydroxylation sites is 2. The molecule has 0 atom stereocenters. The molecule has 0 saturated heterocycles. The molecule has 1 aliphatic carbocycles. The van der Waals surface area contributed by atoms with Gasteiger partial charge in [-0.15, -0.1) is 22.7 Å². The Hall–Kier alpha value is -7.11. The second kappa shape index (κ2) is 23.9. The first-order chi connectivity index (χ1) is 35.3. The van der Waals surface area contributed by atoms with Gasteiger partial charge in [0.1, 0.15) is 0 Å². The summed E-state index contributed by atoms with van der Waals surface area (Å²) in [7, 11) is 0. The number of benzene rings is 6. The Bertz CT molecular complexity index is 3170. The molecule has 0 radical (unpaired) electrons. The lowest BCUT2D eigenvalue weighted by Crippen LogP contribution is -2.09. The summed E-state index contributed by atoms with van der Waals surface area (Å²) in [6.07, 6.45) is 18.1. The van der Waals surface area contributed by atoms with E-state index in [2.05, 4.69) is 157 Å². The molecule has 8 aromatic rings. The van der Waals surface area contributed by atoms with Crippen LogP contribution in [0.5, 0.6) is 0 Å². The van der Waals surface area contributed by atoms with E-state index in [1.807, 2.05) is 35.6 Å². The molecule has 0 amide bonds. The molecule has 2 aromatic heterocycles. The topological polar surface area (TPSA) is 62.0 Å². The van der Waals surface area contributed by atoms with Crippen molar-refractivity contribution >= 4 is 57.6 Å². The number of thiophene rings is 2. The predicted molar refractivity (Wildman–Crippen MR) is 304 cm³/mol.